The molecule has 0 N–H and O–H groups in total. The highest BCUT2D eigenvalue weighted by atomic mass is 35.5. The molecule has 1 aromatic carbocycles. The second-order valence-electron chi connectivity index (χ2n) is 5.17. The Morgan fingerprint density at radius 1 is 1.35 bits per heavy atom. The molecular formula is C16H15ClN4O2. The van der Waals surface area contributed by atoms with E-state index in [0.29, 0.717) is 17.3 Å². The van der Waals surface area contributed by atoms with Crippen molar-refractivity contribution in [3.63, 3.8) is 0 Å². The molecule has 2 heterocycles. The topological polar surface area (TPSA) is 64.2 Å². The Balaban J connectivity index is 1.77. The number of carbonyl (C=O) groups excluding carboxylic acids is 1. The Hall–Kier alpha value is -2.60. The van der Waals surface area contributed by atoms with E-state index in [0.717, 1.165) is 11.3 Å². The SMILES string of the molecule is CN(Cc1c(Cl)cnn1C)C(=O)c1cc(-c2ccccc2)on1. The van der Waals surface area contributed by atoms with Gasteiger partial charge in [0.2, 0.25) is 0 Å². The number of aromatic nitrogens is 3. The van der Waals surface area contributed by atoms with Crippen molar-refractivity contribution >= 4 is 17.5 Å². The predicted molar refractivity (Wildman–Crippen MR) is 86.0 cm³/mol. The lowest BCUT2D eigenvalue weighted by Gasteiger charge is -2.15. The fraction of sp³-hybridized carbons (Fsp3) is 0.188. The van der Waals surface area contributed by atoms with Crippen molar-refractivity contribution in [2.24, 2.45) is 7.05 Å². The van der Waals surface area contributed by atoms with Crippen molar-refractivity contribution in [1.29, 1.82) is 0 Å². The number of benzene rings is 1. The van der Waals surface area contributed by atoms with Crippen molar-refractivity contribution < 1.29 is 9.32 Å². The molecule has 2 aromatic heterocycles. The second kappa shape index (κ2) is 6.26. The third-order valence-electron chi connectivity index (χ3n) is 3.53. The smallest absolute Gasteiger partial charge is 0.276 e. The van der Waals surface area contributed by atoms with Gasteiger partial charge >= 0.3 is 0 Å². The van der Waals surface area contributed by atoms with E-state index in [1.54, 1.807) is 31.0 Å². The van der Waals surface area contributed by atoms with Crippen LogP contribution in [-0.2, 0) is 13.6 Å². The van der Waals surface area contributed by atoms with Gasteiger partial charge in [-0.3, -0.25) is 9.48 Å². The normalized spacial score (nSPS) is 10.7. The summed E-state index contributed by atoms with van der Waals surface area (Å²) in [5.41, 5.74) is 1.88. The fourth-order valence-corrected chi connectivity index (χ4v) is 2.45. The molecule has 118 valence electrons. The lowest BCUT2D eigenvalue weighted by molar-refractivity contribution is 0.0772. The lowest BCUT2D eigenvalue weighted by atomic mass is 10.1. The van der Waals surface area contributed by atoms with Crippen molar-refractivity contribution in [3.05, 3.63) is 59.0 Å². The average molecular weight is 331 g/mol. The summed E-state index contributed by atoms with van der Waals surface area (Å²) in [6.45, 7) is 0.335. The number of halogens is 1. The first-order valence-electron chi connectivity index (χ1n) is 7.00. The summed E-state index contributed by atoms with van der Waals surface area (Å²) in [6.07, 6.45) is 1.55. The molecule has 23 heavy (non-hydrogen) atoms. The molecule has 0 spiro atoms. The highest BCUT2D eigenvalue weighted by molar-refractivity contribution is 6.31. The van der Waals surface area contributed by atoms with Crippen molar-refractivity contribution in [1.82, 2.24) is 19.8 Å². The summed E-state index contributed by atoms with van der Waals surface area (Å²) in [5, 5.41) is 8.45. The number of nitrogens with zero attached hydrogens (tertiary/aromatic N) is 4. The number of carbonyl (C=O) groups is 1. The third-order valence-corrected chi connectivity index (χ3v) is 3.85. The molecular weight excluding hydrogens is 316 g/mol. The van der Waals surface area contributed by atoms with Crippen LogP contribution < -0.4 is 0 Å². The highest BCUT2D eigenvalue weighted by Crippen LogP contribution is 2.21. The first kappa shape index (κ1) is 15.3. The average Bonchev–Trinajstić information content (AvgIpc) is 3.17. The number of aryl methyl sites for hydroxylation is 1. The Morgan fingerprint density at radius 2 is 2.09 bits per heavy atom. The maximum Gasteiger partial charge on any atom is 0.276 e. The van der Waals surface area contributed by atoms with Crippen LogP contribution in [0.5, 0.6) is 0 Å². The van der Waals surface area contributed by atoms with Crippen LogP contribution in [0.15, 0.2) is 47.1 Å². The zero-order valence-electron chi connectivity index (χ0n) is 12.7. The van der Waals surface area contributed by atoms with Crippen LogP contribution in [0.2, 0.25) is 5.02 Å². The molecule has 0 saturated carbocycles. The molecule has 7 heteroatoms. The summed E-state index contributed by atoms with van der Waals surface area (Å²) in [4.78, 5) is 14.0. The Kier molecular flexibility index (Phi) is 4.16. The fourth-order valence-electron chi connectivity index (χ4n) is 2.22. The zero-order valence-corrected chi connectivity index (χ0v) is 13.5. The van der Waals surface area contributed by atoms with E-state index >= 15 is 0 Å². The Labute approximate surface area is 138 Å². The minimum atomic E-state index is -0.242. The monoisotopic (exact) mass is 330 g/mol. The van der Waals surface area contributed by atoms with Crippen molar-refractivity contribution in [2.75, 3.05) is 7.05 Å². The van der Waals surface area contributed by atoms with Gasteiger partial charge in [0, 0.05) is 25.7 Å². The first-order chi connectivity index (χ1) is 11.1. The van der Waals surface area contributed by atoms with E-state index in [4.69, 9.17) is 16.1 Å². The third kappa shape index (κ3) is 3.12. The standard InChI is InChI=1S/C16H15ClN4O2/c1-20(10-14-12(17)9-18-21(14)2)16(22)13-8-15(23-19-13)11-6-4-3-5-7-11/h3-9H,10H2,1-2H3. The number of hydrogen-bond donors (Lipinski definition) is 0. The van der Waals surface area contributed by atoms with Crippen LogP contribution in [0.3, 0.4) is 0 Å². The zero-order chi connectivity index (χ0) is 16.4. The van der Waals surface area contributed by atoms with E-state index in [1.807, 2.05) is 30.3 Å². The van der Waals surface area contributed by atoms with Crippen LogP contribution >= 0.6 is 11.6 Å². The molecule has 0 bridgehead atoms. The minimum absolute atomic E-state index is 0.242. The second-order valence-corrected chi connectivity index (χ2v) is 5.57. The van der Waals surface area contributed by atoms with E-state index in [9.17, 15) is 4.79 Å². The molecule has 0 aliphatic carbocycles. The first-order valence-corrected chi connectivity index (χ1v) is 7.38. The number of hydrogen-bond acceptors (Lipinski definition) is 4. The van der Waals surface area contributed by atoms with E-state index in [-0.39, 0.29) is 11.6 Å². The summed E-state index contributed by atoms with van der Waals surface area (Å²) in [5.74, 6) is 0.314. The van der Waals surface area contributed by atoms with Gasteiger partial charge in [0.1, 0.15) is 0 Å². The van der Waals surface area contributed by atoms with Crippen LogP contribution in [0.25, 0.3) is 11.3 Å². The molecule has 1 amide bonds. The van der Waals surface area contributed by atoms with E-state index in [2.05, 4.69) is 10.3 Å². The molecule has 3 aromatic rings. The van der Waals surface area contributed by atoms with Gasteiger partial charge in [-0.2, -0.15) is 5.10 Å². The largest absolute Gasteiger partial charge is 0.355 e. The van der Waals surface area contributed by atoms with Gasteiger partial charge in [-0.25, -0.2) is 0 Å². The van der Waals surface area contributed by atoms with Gasteiger partial charge in [-0.15, -0.1) is 0 Å². The summed E-state index contributed by atoms with van der Waals surface area (Å²) >= 11 is 6.07. The maximum absolute atomic E-state index is 12.5. The van der Waals surface area contributed by atoms with Gasteiger partial charge in [-0.05, 0) is 0 Å². The molecule has 0 saturated heterocycles. The van der Waals surface area contributed by atoms with Gasteiger partial charge < -0.3 is 9.42 Å². The lowest BCUT2D eigenvalue weighted by Crippen LogP contribution is -2.27. The van der Waals surface area contributed by atoms with E-state index < -0.39 is 0 Å². The Morgan fingerprint density at radius 3 is 2.74 bits per heavy atom. The van der Waals surface area contributed by atoms with Gasteiger partial charge in [-0.1, -0.05) is 47.1 Å². The molecule has 0 atom stereocenters. The molecule has 0 aliphatic rings. The maximum atomic E-state index is 12.5. The molecule has 0 unspecified atom stereocenters. The highest BCUT2D eigenvalue weighted by Gasteiger charge is 2.19. The molecule has 3 rings (SSSR count). The van der Waals surface area contributed by atoms with Gasteiger partial charge in [0.15, 0.2) is 11.5 Å². The summed E-state index contributed by atoms with van der Waals surface area (Å²) in [7, 11) is 3.46. The number of amides is 1. The van der Waals surface area contributed by atoms with E-state index in [1.165, 1.54) is 4.90 Å². The molecule has 6 nitrogen and oxygen atoms in total. The quantitative estimate of drug-likeness (QED) is 0.737. The van der Waals surface area contributed by atoms with Gasteiger partial charge in [0.05, 0.1) is 23.5 Å². The van der Waals surface area contributed by atoms with Crippen LogP contribution in [0.4, 0.5) is 0 Å². The minimum Gasteiger partial charge on any atom is -0.355 e. The van der Waals surface area contributed by atoms with Crippen molar-refractivity contribution in [3.8, 4) is 11.3 Å². The van der Waals surface area contributed by atoms with Crippen molar-refractivity contribution in [2.45, 2.75) is 6.54 Å². The predicted octanol–water partition coefficient (Wildman–Crippen LogP) is 3.00. The Bertz CT molecular complexity index is 806. The van der Waals surface area contributed by atoms with Gasteiger partial charge in [0.25, 0.3) is 5.91 Å². The van der Waals surface area contributed by atoms with Crippen LogP contribution in [-0.4, -0.2) is 32.8 Å². The van der Waals surface area contributed by atoms with Crippen LogP contribution in [0.1, 0.15) is 16.2 Å². The summed E-state index contributed by atoms with van der Waals surface area (Å²) in [6, 6.07) is 11.1. The summed E-state index contributed by atoms with van der Waals surface area (Å²) < 4.78 is 6.91. The molecule has 0 aliphatic heterocycles. The number of rotatable bonds is 4. The molecule has 0 radical (unpaired) electrons. The molecule has 0 fully saturated rings. The van der Waals surface area contributed by atoms with Crippen LogP contribution in [0, 0.1) is 0 Å².